The molecule has 1 unspecified atom stereocenters. The number of aliphatic hydroxyl groups is 1. The van der Waals surface area contributed by atoms with Gasteiger partial charge in [0.15, 0.2) is 0 Å². The number of hydrogen-bond acceptors (Lipinski definition) is 3. The third kappa shape index (κ3) is 3.52. The standard InChI is InChI=1S/C17H23N3O/c1-17(13-21,16-7-8-16)18-9-15-10-19-20(12-15)11-14-5-3-2-4-6-14/h2-6,10,12,16,18,21H,7-9,11,13H2,1H3. The van der Waals surface area contributed by atoms with E-state index in [1.807, 2.05) is 29.1 Å². The van der Waals surface area contributed by atoms with Gasteiger partial charge in [0.25, 0.3) is 0 Å². The second kappa shape index (κ2) is 6.00. The summed E-state index contributed by atoms with van der Waals surface area (Å²) >= 11 is 0. The molecule has 1 aromatic carbocycles. The van der Waals surface area contributed by atoms with Gasteiger partial charge in [-0.1, -0.05) is 30.3 Å². The van der Waals surface area contributed by atoms with E-state index < -0.39 is 0 Å². The molecule has 0 spiro atoms. The van der Waals surface area contributed by atoms with E-state index in [1.165, 1.54) is 18.4 Å². The van der Waals surface area contributed by atoms with E-state index in [0.717, 1.165) is 18.7 Å². The zero-order valence-corrected chi connectivity index (χ0v) is 12.5. The Balaban J connectivity index is 1.58. The number of aliphatic hydroxyl groups excluding tert-OH is 1. The summed E-state index contributed by atoms with van der Waals surface area (Å²) in [6, 6.07) is 10.3. The average molecular weight is 285 g/mol. The van der Waals surface area contributed by atoms with E-state index in [2.05, 4.69) is 35.7 Å². The van der Waals surface area contributed by atoms with E-state index in [9.17, 15) is 5.11 Å². The Hall–Kier alpha value is -1.65. The summed E-state index contributed by atoms with van der Waals surface area (Å²) < 4.78 is 1.96. The molecule has 1 atom stereocenters. The Labute approximate surface area is 125 Å². The number of rotatable bonds is 7. The summed E-state index contributed by atoms with van der Waals surface area (Å²) in [6.45, 7) is 3.85. The van der Waals surface area contributed by atoms with Gasteiger partial charge in [-0.05, 0) is 31.2 Å². The van der Waals surface area contributed by atoms with Crippen LogP contribution in [0.5, 0.6) is 0 Å². The molecular formula is C17H23N3O. The van der Waals surface area contributed by atoms with Crippen LogP contribution in [-0.4, -0.2) is 27.0 Å². The number of nitrogens with zero attached hydrogens (tertiary/aromatic N) is 2. The summed E-state index contributed by atoms with van der Waals surface area (Å²) in [5.74, 6) is 0.613. The second-order valence-corrected chi connectivity index (χ2v) is 6.24. The fourth-order valence-electron chi connectivity index (χ4n) is 2.71. The first-order valence-corrected chi connectivity index (χ1v) is 7.61. The van der Waals surface area contributed by atoms with Crippen LogP contribution in [-0.2, 0) is 13.1 Å². The van der Waals surface area contributed by atoms with Crippen LogP contribution in [0.4, 0.5) is 0 Å². The minimum Gasteiger partial charge on any atom is -0.394 e. The minimum absolute atomic E-state index is 0.151. The van der Waals surface area contributed by atoms with E-state index in [0.29, 0.717) is 5.92 Å². The smallest absolute Gasteiger partial charge is 0.0659 e. The maximum absolute atomic E-state index is 9.59. The number of nitrogens with one attached hydrogen (secondary N) is 1. The molecule has 0 aliphatic heterocycles. The Morgan fingerprint density at radius 2 is 2.05 bits per heavy atom. The van der Waals surface area contributed by atoms with E-state index in [1.54, 1.807) is 0 Å². The molecule has 2 aromatic rings. The lowest BCUT2D eigenvalue weighted by Gasteiger charge is -2.28. The normalized spacial score (nSPS) is 17.6. The molecule has 112 valence electrons. The third-order valence-corrected chi connectivity index (χ3v) is 4.38. The van der Waals surface area contributed by atoms with Crippen LogP contribution in [0.1, 0.15) is 30.9 Å². The van der Waals surface area contributed by atoms with Crippen molar-refractivity contribution in [1.29, 1.82) is 0 Å². The molecule has 0 bridgehead atoms. The van der Waals surface area contributed by atoms with Gasteiger partial charge in [0, 0.05) is 23.8 Å². The molecule has 1 aliphatic rings. The average Bonchev–Trinajstić information content (AvgIpc) is 3.28. The van der Waals surface area contributed by atoms with Crippen LogP contribution >= 0.6 is 0 Å². The quantitative estimate of drug-likeness (QED) is 0.820. The van der Waals surface area contributed by atoms with Crippen LogP contribution in [0.3, 0.4) is 0 Å². The van der Waals surface area contributed by atoms with Crippen molar-refractivity contribution in [2.24, 2.45) is 5.92 Å². The zero-order valence-electron chi connectivity index (χ0n) is 12.5. The van der Waals surface area contributed by atoms with E-state index in [-0.39, 0.29) is 12.1 Å². The fraction of sp³-hybridized carbons (Fsp3) is 0.471. The van der Waals surface area contributed by atoms with Crippen LogP contribution in [0, 0.1) is 5.92 Å². The lowest BCUT2D eigenvalue weighted by Crippen LogP contribution is -2.47. The zero-order chi connectivity index (χ0) is 14.7. The number of aromatic nitrogens is 2. The number of hydrogen-bond donors (Lipinski definition) is 2. The highest BCUT2D eigenvalue weighted by Gasteiger charge is 2.40. The Morgan fingerprint density at radius 1 is 1.29 bits per heavy atom. The van der Waals surface area contributed by atoms with Crippen molar-refractivity contribution < 1.29 is 5.11 Å². The molecule has 4 heteroatoms. The third-order valence-electron chi connectivity index (χ3n) is 4.38. The highest BCUT2D eigenvalue weighted by Crippen LogP contribution is 2.39. The fourth-order valence-corrected chi connectivity index (χ4v) is 2.71. The molecule has 1 aliphatic carbocycles. The Kier molecular flexibility index (Phi) is 4.08. The first kappa shape index (κ1) is 14.3. The van der Waals surface area contributed by atoms with Crippen molar-refractivity contribution in [2.45, 2.75) is 38.4 Å². The van der Waals surface area contributed by atoms with Crippen molar-refractivity contribution >= 4 is 0 Å². The molecule has 0 amide bonds. The van der Waals surface area contributed by atoms with Gasteiger partial charge in [-0.25, -0.2) is 0 Å². The van der Waals surface area contributed by atoms with Gasteiger partial charge >= 0.3 is 0 Å². The van der Waals surface area contributed by atoms with Gasteiger partial charge in [-0.2, -0.15) is 5.10 Å². The van der Waals surface area contributed by atoms with Crippen molar-refractivity contribution in [1.82, 2.24) is 15.1 Å². The van der Waals surface area contributed by atoms with Gasteiger partial charge in [-0.15, -0.1) is 0 Å². The predicted octanol–water partition coefficient (Wildman–Crippen LogP) is 2.18. The van der Waals surface area contributed by atoms with Crippen LogP contribution in [0.25, 0.3) is 0 Å². The highest BCUT2D eigenvalue weighted by molar-refractivity contribution is 5.15. The summed E-state index contributed by atoms with van der Waals surface area (Å²) in [5, 5.41) is 17.5. The predicted molar refractivity (Wildman–Crippen MR) is 82.8 cm³/mol. The van der Waals surface area contributed by atoms with Gasteiger partial charge in [0.2, 0.25) is 0 Å². The second-order valence-electron chi connectivity index (χ2n) is 6.24. The molecule has 1 aromatic heterocycles. The van der Waals surface area contributed by atoms with Gasteiger partial charge < -0.3 is 10.4 Å². The molecule has 1 saturated carbocycles. The molecule has 21 heavy (non-hydrogen) atoms. The van der Waals surface area contributed by atoms with Crippen molar-refractivity contribution in [3.63, 3.8) is 0 Å². The van der Waals surface area contributed by atoms with E-state index in [4.69, 9.17) is 0 Å². The van der Waals surface area contributed by atoms with Crippen LogP contribution in [0.15, 0.2) is 42.7 Å². The first-order valence-electron chi connectivity index (χ1n) is 7.61. The monoisotopic (exact) mass is 285 g/mol. The molecule has 1 heterocycles. The Bertz CT molecular complexity index is 577. The summed E-state index contributed by atoms with van der Waals surface area (Å²) in [4.78, 5) is 0. The molecule has 0 saturated heterocycles. The largest absolute Gasteiger partial charge is 0.394 e. The van der Waals surface area contributed by atoms with Gasteiger partial charge in [0.1, 0.15) is 0 Å². The van der Waals surface area contributed by atoms with Crippen molar-refractivity contribution in [3.8, 4) is 0 Å². The summed E-state index contributed by atoms with van der Waals surface area (Å²) in [6.07, 6.45) is 6.42. The molecule has 2 N–H and O–H groups in total. The minimum atomic E-state index is -0.151. The Morgan fingerprint density at radius 3 is 2.71 bits per heavy atom. The molecule has 1 fully saturated rings. The number of benzene rings is 1. The van der Waals surface area contributed by atoms with Gasteiger partial charge in [-0.3, -0.25) is 4.68 Å². The topological polar surface area (TPSA) is 50.1 Å². The van der Waals surface area contributed by atoms with Gasteiger partial charge in [0.05, 0.1) is 19.3 Å². The molecule has 3 rings (SSSR count). The summed E-state index contributed by atoms with van der Waals surface area (Å²) in [5.41, 5.74) is 2.26. The lowest BCUT2D eigenvalue weighted by molar-refractivity contribution is 0.153. The van der Waals surface area contributed by atoms with Crippen molar-refractivity contribution in [3.05, 3.63) is 53.9 Å². The van der Waals surface area contributed by atoms with Crippen LogP contribution < -0.4 is 5.32 Å². The van der Waals surface area contributed by atoms with E-state index >= 15 is 0 Å². The lowest BCUT2D eigenvalue weighted by atomic mass is 9.97. The molecular weight excluding hydrogens is 262 g/mol. The maximum atomic E-state index is 9.59. The SMILES string of the molecule is CC(CO)(NCc1cnn(Cc2ccccc2)c1)C1CC1. The summed E-state index contributed by atoms with van der Waals surface area (Å²) in [7, 11) is 0. The first-order chi connectivity index (χ1) is 10.2. The van der Waals surface area contributed by atoms with Crippen molar-refractivity contribution in [2.75, 3.05) is 6.61 Å². The maximum Gasteiger partial charge on any atom is 0.0659 e. The van der Waals surface area contributed by atoms with Crippen LogP contribution in [0.2, 0.25) is 0 Å². The molecule has 0 radical (unpaired) electrons. The molecule has 4 nitrogen and oxygen atoms in total. The highest BCUT2D eigenvalue weighted by atomic mass is 16.3.